The minimum absolute atomic E-state index is 0.0368. The Hall–Kier alpha value is -3.57. The molecule has 0 radical (unpaired) electrons. The van der Waals surface area contributed by atoms with E-state index in [2.05, 4.69) is 15.3 Å². The number of aromatic nitrogens is 2. The Morgan fingerprint density at radius 3 is 2.43 bits per heavy atom. The Bertz CT molecular complexity index is 1240. The zero-order valence-electron chi connectivity index (χ0n) is 14.5. The second-order valence-corrected chi connectivity index (χ2v) is 7.38. The number of aryl methyl sites for hydroxylation is 1. The third kappa shape index (κ3) is 3.89. The van der Waals surface area contributed by atoms with Crippen LogP contribution in [0.25, 0.3) is 5.69 Å². The van der Waals surface area contributed by atoms with E-state index in [0.29, 0.717) is 17.1 Å². The summed E-state index contributed by atoms with van der Waals surface area (Å²) in [5, 5.41) is 24.8. The minimum Gasteiger partial charge on any atom is -0.478 e. The van der Waals surface area contributed by atoms with Gasteiger partial charge in [0.15, 0.2) is 5.69 Å². The molecule has 2 aromatic carbocycles. The number of carbonyl (C=O) groups is 1. The molecule has 10 nitrogen and oxygen atoms in total. The van der Waals surface area contributed by atoms with Gasteiger partial charge >= 0.3 is 5.97 Å². The molecule has 4 N–H and O–H groups in total. The zero-order chi connectivity index (χ0) is 20.5. The van der Waals surface area contributed by atoms with Crippen LogP contribution in [0.4, 0.5) is 11.4 Å². The van der Waals surface area contributed by atoms with Gasteiger partial charge in [0.05, 0.1) is 27.5 Å². The number of carboxylic acid groups (broad SMARTS) is 1. The lowest BCUT2D eigenvalue weighted by atomic mass is 10.2. The van der Waals surface area contributed by atoms with Gasteiger partial charge in [0.2, 0.25) is 10.0 Å². The van der Waals surface area contributed by atoms with Crippen molar-refractivity contribution in [2.24, 2.45) is 15.4 Å². The van der Waals surface area contributed by atoms with E-state index >= 15 is 0 Å². The summed E-state index contributed by atoms with van der Waals surface area (Å²) >= 11 is 0. The van der Waals surface area contributed by atoms with Crippen molar-refractivity contribution >= 4 is 27.4 Å². The molecule has 0 bridgehead atoms. The van der Waals surface area contributed by atoms with Gasteiger partial charge in [0.25, 0.3) is 5.56 Å². The highest BCUT2D eigenvalue weighted by molar-refractivity contribution is 7.89. The number of nitrogens with zero attached hydrogens (tertiary/aromatic N) is 3. The molecule has 0 atom stereocenters. The van der Waals surface area contributed by atoms with Gasteiger partial charge in [0, 0.05) is 0 Å². The lowest BCUT2D eigenvalue weighted by Gasteiger charge is -2.02. The first-order valence-electron chi connectivity index (χ1n) is 7.87. The van der Waals surface area contributed by atoms with Crippen molar-refractivity contribution < 1.29 is 18.3 Å². The van der Waals surface area contributed by atoms with Crippen LogP contribution in [0.1, 0.15) is 16.1 Å². The highest BCUT2D eigenvalue weighted by Crippen LogP contribution is 2.20. The average molecular weight is 401 g/mol. The third-order valence-corrected chi connectivity index (χ3v) is 4.75. The fourth-order valence-corrected chi connectivity index (χ4v) is 2.94. The van der Waals surface area contributed by atoms with Gasteiger partial charge < -0.3 is 5.11 Å². The monoisotopic (exact) mass is 401 g/mol. The molecular weight excluding hydrogens is 386 g/mol. The topological polar surface area (TPSA) is 160 Å². The van der Waals surface area contributed by atoms with Gasteiger partial charge in [-0.25, -0.2) is 23.0 Å². The number of aromatic amines is 1. The number of nitrogens with two attached hydrogens (primary N) is 1. The Kier molecular flexibility index (Phi) is 4.94. The van der Waals surface area contributed by atoms with E-state index in [1.807, 2.05) is 0 Å². The summed E-state index contributed by atoms with van der Waals surface area (Å²) in [7, 11) is -3.81. The summed E-state index contributed by atoms with van der Waals surface area (Å²) in [6.07, 6.45) is 0. The number of benzene rings is 2. The molecule has 144 valence electrons. The molecule has 0 aliphatic rings. The maximum Gasteiger partial charge on any atom is 0.335 e. The lowest BCUT2D eigenvalue weighted by Crippen LogP contribution is -2.14. The number of aromatic carboxylic acids is 1. The molecule has 28 heavy (non-hydrogen) atoms. The van der Waals surface area contributed by atoms with E-state index in [0.717, 1.165) is 0 Å². The predicted molar refractivity (Wildman–Crippen MR) is 100 cm³/mol. The molecule has 0 spiro atoms. The Morgan fingerprint density at radius 2 is 1.82 bits per heavy atom. The van der Waals surface area contributed by atoms with Gasteiger partial charge in [-0.2, -0.15) is 5.11 Å². The van der Waals surface area contributed by atoms with Gasteiger partial charge in [-0.05, 0) is 49.4 Å². The largest absolute Gasteiger partial charge is 0.478 e. The first-order chi connectivity index (χ1) is 13.2. The number of primary sulfonamides is 1. The highest BCUT2D eigenvalue weighted by atomic mass is 32.2. The fraction of sp³-hybridized carbons (Fsp3) is 0.0588. The molecule has 1 aromatic heterocycles. The van der Waals surface area contributed by atoms with Crippen molar-refractivity contribution in [1.82, 2.24) is 9.78 Å². The van der Waals surface area contributed by atoms with Crippen molar-refractivity contribution in [2.45, 2.75) is 11.8 Å². The minimum atomic E-state index is -3.81. The molecule has 0 saturated carbocycles. The summed E-state index contributed by atoms with van der Waals surface area (Å²) in [5.41, 5.74) is 0.658. The normalized spacial score (nSPS) is 11.8. The molecule has 1 heterocycles. The van der Waals surface area contributed by atoms with Crippen LogP contribution in [0.2, 0.25) is 0 Å². The maximum absolute atomic E-state index is 12.6. The molecule has 11 heteroatoms. The van der Waals surface area contributed by atoms with Crippen LogP contribution in [0.15, 0.2) is 68.4 Å². The highest BCUT2D eigenvalue weighted by Gasteiger charge is 2.14. The van der Waals surface area contributed by atoms with Crippen molar-refractivity contribution in [3.8, 4) is 5.69 Å². The van der Waals surface area contributed by atoms with E-state index in [4.69, 9.17) is 10.2 Å². The number of sulfonamides is 1. The van der Waals surface area contributed by atoms with Crippen LogP contribution >= 0.6 is 0 Å². The van der Waals surface area contributed by atoms with Gasteiger partial charge in [-0.15, -0.1) is 5.11 Å². The SMILES string of the molecule is Cc1[nH]n(-c2cccc(C(=O)O)c2)c(=O)c1N=Nc1ccc(S(N)(=O)=O)cc1. The zero-order valence-corrected chi connectivity index (χ0v) is 15.3. The van der Waals surface area contributed by atoms with E-state index in [1.165, 1.54) is 47.1 Å². The van der Waals surface area contributed by atoms with E-state index in [-0.39, 0.29) is 16.1 Å². The van der Waals surface area contributed by atoms with Crippen LogP contribution in [-0.4, -0.2) is 29.3 Å². The van der Waals surface area contributed by atoms with Crippen LogP contribution in [-0.2, 0) is 10.0 Å². The lowest BCUT2D eigenvalue weighted by molar-refractivity contribution is 0.0697. The van der Waals surface area contributed by atoms with Crippen molar-refractivity contribution in [3.63, 3.8) is 0 Å². The van der Waals surface area contributed by atoms with Gasteiger partial charge in [-0.1, -0.05) is 6.07 Å². The molecule has 0 aliphatic carbocycles. The number of rotatable bonds is 5. The van der Waals surface area contributed by atoms with Gasteiger partial charge in [-0.3, -0.25) is 9.89 Å². The molecule has 3 rings (SSSR count). The third-order valence-electron chi connectivity index (χ3n) is 3.82. The number of hydrogen-bond donors (Lipinski definition) is 3. The Balaban J connectivity index is 1.94. The second-order valence-electron chi connectivity index (χ2n) is 5.82. The van der Waals surface area contributed by atoms with Crippen LogP contribution < -0.4 is 10.7 Å². The molecular formula is C17H15N5O5S. The standard InChI is InChI=1S/C17H15N5O5S/c1-10-15(20-19-12-5-7-14(8-6-12)28(18,26)27)16(23)22(21-10)13-4-2-3-11(9-13)17(24)25/h2-9,21H,1H3,(H,24,25)(H2,18,26,27). The number of azo groups is 1. The van der Waals surface area contributed by atoms with Gasteiger partial charge in [0.1, 0.15) is 0 Å². The molecule has 0 unspecified atom stereocenters. The van der Waals surface area contributed by atoms with E-state index in [9.17, 15) is 18.0 Å². The van der Waals surface area contributed by atoms with Crippen molar-refractivity contribution in [1.29, 1.82) is 0 Å². The molecule has 0 saturated heterocycles. The second kappa shape index (κ2) is 7.21. The Morgan fingerprint density at radius 1 is 1.14 bits per heavy atom. The quantitative estimate of drug-likeness (QED) is 0.558. The summed E-state index contributed by atoms with van der Waals surface area (Å²) in [6, 6.07) is 11.2. The smallest absolute Gasteiger partial charge is 0.335 e. The van der Waals surface area contributed by atoms with Crippen LogP contribution in [0.3, 0.4) is 0 Å². The first kappa shape index (κ1) is 19.2. The number of H-pyrrole nitrogens is 1. The van der Waals surface area contributed by atoms with Crippen molar-refractivity contribution in [3.05, 3.63) is 70.1 Å². The summed E-state index contributed by atoms with van der Waals surface area (Å²) in [4.78, 5) is 23.7. The number of carboxylic acids is 1. The van der Waals surface area contributed by atoms with Crippen molar-refractivity contribution in [2.75, 3.05) is 0 Å². The number of hydrogen-bond acceptors (Lipinski definition) is 6. The molecule has 0 amide bonds. The fourth-order valence-electron chi connectivity index (χ4n) is 2.43. The summed E-state index contributed by atoms with van der Waals surface area (Å²) in [5.74, 6) is -1.11. The van der Waals surface area contributed by atoms with E-state index in [1.54, 1.807) is 13.0 Å². The average Bonchev–Trinajstić information content (AvgIpc) is 2.93. The molecule has 0 fully saturated rings. The summed E-state index contributed by atoms with van der Waals surface area (Å²) < 4.78 is 23.7. The first-order valence-corrected chi connectivity index (χ1v) is 9.41. The Labute approximate surface area is 159 Å². The molecule has 0 aliphatic heterocycles. The predicted octanol–water partition coefficient (Wildman–Crippen LogP) is 2.24. The van der Waals surface area contributed by atoms with E-state index < -0.39 is 21.6 Å². The number of nitrogens with one attached hydrogen (secondary N) is 1. The molecule has 3 aromatic rings. The maximum atomic E-state index is 12.6. The van der Waals surface area contributed by atoms with Crippen LogP contribution in [0.5, 0.6) is 0 Å². The van der Waals surface area contributed by atoms with Crippen LogP contribution in [0, 0.1) is 6.92 Å². The summed E-state index contributed by atoms with van der Waals surface area (Å²) in [6.45, 7) is 1.62.